The molecular weight excluding hydrogens is 369 g/mol. The molecule has 1 N–H and O–H groups in total. The number of β-amino-alcohol motifs (C(OH)–C–C–N with tert-alkyl or cyclic N) is 1. The van der Waals surface area contributed by atoms with E-state index in [0.29, 0.717) is 0 Å². The fourth-order valence-corrected chi connectivity index (χ4v) is 3.51. The highest BCUT2D eigenvalue weighted by atomic mass is 19.4. The Morgan fingerprint density at radius 3 is 2.14 bits per heavy atom. The van der Waals surface area contributed by atoms with Crippen LogP contribution in [-0.4, -0.2) is 49.8 Å². The third kappa shape index (κ3) is 4.77. The molecule has 7 heteroatoms. The number of anilines is 1. The second kappa shape index (κ2) is 8.01. The van der Waals surface area contributed by atoms with Crippen molar-refractivity contribution in [1.82, 2.24) is 4.90 Å². The molecule has 1 atom stereocenters. The summed E-state index contributed by atoms with van der Waals surface area (Å²) in [5.41, 5.74) is -0.719. The van der Waals surface area contributed by atoms with Crippen molar-refractivity contribution in [1.29, 1.82) is 0 Å². The lowest BCUT2D eigenvalue weighted by Gasteiger charge is -2.39. The zero-order valence-corrected chi connectivity index (χ0v) is 16.0. The van der Waals surface area contributed by atoms with Gasteiger partial charge in [-0.05, 0) is 48.9 Å². The third-order valence-corrected chi connectivity index (χ3v) is 5.15. The number of hydrogen-bond acceptors (Lipinski definition) is 4. The van der Waals surface area contributed by atoms with E-state index in [4.69, 9.17) is 4.74 Å². The van der Waals surface area contributed by atoms with Crippen LogP contribution in [0.1, 0.15) is 18.1 Å². The van der Waals surface area contributed by atoms with Gasteiger partial charge in [-0.25, -0.2) is 0 Å². The van der Waals surface area contributed by atoms with Crippen LogP contribution < -0.4 is 9.64 Å². The van der Waals surface area contributed by atoms with Gasteiger partial charge in [0.2, 0.25) is 0 Å². The maximum atomic E-state index is 13.0. The molecule has 0 aromatic heterocycles. The number of benzene rings is 2. The van der Waals surface area contributed by atoms with Gasteiger partial charge in [0.05, 0.1) is 18.3 Å². The number of nitrogens with zero attached hydrogens (tertiary/aromatic N) is 2. The van der Waals surface area contributed by atoms with Crippen molar-refractivity contribution in [3.8, 4) is 5.75 Å². The van der Waals surface area contributed by atoms with E-state index in [-0.39, 0.29) is 12.1 Å². The average molecular weight is 394 g/mol. The highest BCUT2D eigenvalue weighted by molar-refractivity contribution is 5.49. The Kier molecular flexibility index (Phi) is 5.86. The summed E-state index contributed by atoms with van der Waals surface area (Å²) in [6.45, 7) is 4.86. The Balaban J connectivity index is 1.61. The van der Waals surface area contributed by atoms with Crippen LogP contribution >= 0.6 is 0 Å². The number of piperazine rings is 1. The standard InChI is InChI=1S/C21H25F3N2O2/c1-20(27,16-4-3-5-17(14-16)21(22,23)24)15-25-10-12-26(13-11-25)18-6-8-19(28-2)9-7-18/h3-9,14,27H,10-13,15H2,1-2H3/t20-/m0/s1. The Morgan fingerprint density at radius 1 is 0.964 bits per heavy atom. The van der Waals surface area contributed by atoms with Crippen LogP contribution in [0.3, 0.4) is 0 Å². The Labute approximate surface area is 163 Å². The summed E-state index contributed by atoms with van der Waals surface area (Å²) in [6.07, 6.45) is -4.42. The van der Waals surface area contributed by atoms with Crippen molar-refractivity contribution in [2.75, 3.05) is 44.7 Å². The first-order chi connectivity index (χ1) is 13.2. The predicted molar refractivity (Wildman–Crippen MR) is 103 cm³/mol. The van der Waals surface area contributed by atoms with E-state index >= 15 is 0 Å². The molecule has 0 radical (unpaired) electrons. The van der Waals surface area contributed by atoms with Gasteiger partial charge in [0.1, 0.15) is 5.75 Å². The van der Waals surface area contributed by atoms with Gasteiger partial charge in [0.15, 0.2) is 0 Å². The van der Waals surface area contributed by atoms with Crippen LogP contribution in [0, 0.1) is 0 Å². The minimum atomic E-state index is -4.42. The van der Waals surface area contributed by atoms with E-state index < -0.39 is 17.3 Å². The van der Waals surface area contributed by atoms with Gasteiger partial charge < -0.3 is 14.7 Å². The average Bonchev–Trinajstić information content (AvgIpc) is 2.68. The largest absolute Gasteiger partial charge is 0.497 e. The number of rotatable bonds is 5. The number of methoxy groups -OCH3 is 1. The van der Waals surface area contributed by atoms with Gasteiger partial charge in [-0.3, -0.25) is 4.90 Å². The first-order valence-corrected chi connectivity index (χ1v) is 9.20. The summed E-state index contributed by atoms with van der Waals surface area (Å²) in [5.74, 6) is 0.805. The number of ether oxygens (including phenoxy) is 1. The second-order valence-electron chi connectivity index (χ2n) is 7.31. The molecule has 152 valence electrons. The predicted octanol–water partition coefficient (Wildman–Crippen LogP) is 3.74. The molecule has 2 aromatic carbocycles. The van der Waals surface area contributed by atoms with Gasteiger partial charge >= 0.3 is 6.18 Å². The summed E-state index contributed by atoms with van der Waals surface area (Å²) in [7, 11) is 1.63. The Morgan fingerprint density at radius 2 is 1.57 bits per heavy atom. The summed E-state index contributed by atoms with van der Waals surface area (Å²) in [6, 6.07) is 12.8. The van der Waals surface area contributed by atoms with E-state index in [2.05, 4.69) is 9.80 Å². The van der Waals surface area contributed by atoms with Gasteiger partial charge in [-0.1, -0.05) is 12.1 Å². The molecule has 1 aliphatic rings. The highest BCUT2D eigenvalue weighted by Gasteiger charge is 2.34. The van der Waals surface area contributed by atoms with Crippen LogP contribution in [0.25, 0.3) is 0 Å². The number of alkyl halides is 3. The van der Waals surface area contributed by atoms with Crippen molar-refractivity contribution in [2.45, 2.75) is 18.7 Å². The van der Waals surface area contributed by atoms with Crippen LogP contribution in [0.4, 0.5) is 18.9 Å². The number of hydrogen-bond donors (Lipinski definition) is 1. The highest BCUT2D eigenvalue weighted by Crippen LogP contribution is 2.32. The maximum absolute atomic E-state index is 13.0. The lowest BCUT2D eigenvalue weighted by atomic mass is 9.93. The summed E-state index contributed by atoms with van der Waals surface area (Å²) in [4.78, 5) is 4.33. The van der Waals surface area contributed by atoms with E-state index in [1.807, 2.05) is 24.3 Å². The number of aliphatic hydroxyl groups is 1. The molecule has 1 aliphatic heterocycles. The fraction of sp³-hybridized carbons (Fsp3) is 0.429. The fourth-order valence-electron chi connectivity index (χ4n) is 3.51. The van der Waals surface area contributed by atoms with Crippen LogP contribution in [0.15, 0.2) is 48.5 Å². The van der Waals surface area contributed by atoms with E-state index in [0.717, 1.165) is 49.7 Å². The normalized spacial score (nSPS) is 18.0. The molecule has 1 heterocycles. The van der Waals surface area contributed by atoms with Crippen molar-refractivity contribution in [2.24, 2.45) is 0 Å². The van der Waals surface area contributed by atoms with Crippen molar-refractivity contribution >= 4 is 5.69 Å². The Hall–Kier alpha value is -2.25. The molecule has 0 aliphatic carbocycles. The molecule has 0 unspecified atom stereocenters. The summed E-state index contributed by atoms with van der Waals surface area (Å²) >= 11 is 0. The first kappa shape index (κ1) is 20.5. The molecule has 28 heavy (non-hydrogen) atoms. The zero-order valence-electron chi connectivity index (χ0n) is 16.0. The van der Waals surface area contributed by atoms with E-state index in [1.165, 1.54) is 6.07 Å². The maximum Gasteiger partial charge on any atom is 0.416 e. The monoisotopic (exact) mass is 394 g/mol. The molecular formula is C21H25F3N2O2. The minimum absolute atomic E-state index is 0.278. The topological polar surface area (TPSA) is 35.9 Å². The lowest BCUT2D eigenvalue weighted by molar-refractivity contribution is -0.137. The van der Waals surface area contributed by atoms with Crippen LogP contribution in [0.2, 0.25) is 0 Å². The van der Waals surface area contributed by atoms with Gasteiger partial charge in [-0.15, -0.1) is 0 Å². The summed E-state index contributed by atoms with van der Waals surface area (Å²) in [5, 5.41) is 10.8. The van der Waals surface area contributed by atoms with Crippen LogP contribution in [0.5, 0.6) is 5.75 Å². The minimum Gasteiger partial charge on any atom is -0.497 e. The Bertz CT molecular complexity index is 783. The molecule has 0 spiro atoms. The van der Waals surface area contributed by atoms with Gasteiger partial charge in [0.25, 0.3) is 0 Å². The van der Waals surface area contributed by atoms with Gasteiger partial charge in [-0.2, -0.15) is 13.2 Å². The van der Waals surface area contributed by atoms with Crippen molar-refractivity contribution in [3.05, 3.63) is 59.7 Å². The second-order valence-corrected chi connectivity index (χ2v) is 7.31. The third-order valence-electron chi connectivity index (χ3n) is 5.15. The molecule has 0 saturated carbocycles. The first-order valence-electron chi connectivity index (χ1n) is 9.20. The van der Waals surface area contributed by atoms with E-state index in [1.54, 1.807) is 20.1 Å². The molecule has 1 saturated heterocycles. The van der Waals surface area contributed by atoms with Gasteiger partial charge in [0, 0.05) is 38.4 Å². The molecule has 4 nitrogen and oxygen atoms in total. The SMILES string of the molecule is COc1ccc(N2CCN(C[C@](C)(O)c3cccc(C(F)(F)F)c3)CC2)cc1. The molecule has 1 fully saturated rings. The molecule has 0 amide bonds. The smallest absolute Gasteiger partial charge is 0.416 e. The van der Waals surface area contributed by atoms with Crippen LogP contribution in [-0.2, 0) is 11.8 Å². The summed E-state index contributed by atoms with van der Waals surface area (Å²) < 4.78 is 44.1. The molecule has 3 rings (SSSR count). The molecule has 2 aromatic rings. The van der Waals surface area contributed by atoms with E-state index in [9.17, 15) is 18.3 Å². The molecule has 0 bridgehead atoms. The van der Waals surface area contributed by atoms with Crippen molar-refractivity contribution in [3.63, 3.8) is 0 Å². The lowest BCUT2D eigenvalue weighted by Crippen LogP contribution is -2.50. The van der Waals surface area contributed by atoms with Crippen molar-refractivity contribution < 1.29 is 23.0 Å². The quantitative estimate of drug-likeness (QED) is 0.838. The number of halogens is 3. The zero-order chi connectivity index (χ0) is 20.4.